The van der Waals surface area contributed by atoms with Crippen LogP contribution in [-0.2, 0) is 4.74 Å². The SMILES string of the molecule is C/C(CCl)=C1\CCCN(C(=O)OC(C)(C)C)C1. The first-order valence-corrected chi connectivity index (χ1v) is 6.58. The van der Waals surface area contributed by atoms with E-state index in [0.29, 0.717) is 12.4 Å². The highest BCUT2D eigenvalue weighted by atomic mass is 35.5. The van der Waals surface area contributed by atoms with Crippen LogP contribution in [0.25, 0.3) is 0 Å². The molecular weight excluding hydrogens is 238 g/mol. The summed E-state index contributed by atoms with van der Waals surface area (Å²) < 4.78 is 5.37. The molecule has 1 heterocycles. The summed E-state index contributed by atoms with van der Waals surface area (Å²) in [5.41, 5.74) is 2.02. The molecule has 0 radical (unpaired) electrons. The third-order valence-electron chi connectivity index (χ3n) is 2.74. The topological polar surface area (TPSA) is 29.5 Å². The van der Waals surface area contributed by atoms with Gasteiger partial charge in [0, 0.05) is 19.0 Å². The summed E-state index contributed by atoms with van der Waals surface area (Å²) >= 11 is 5.83. The smallest absolute Gasteiger partial charge is 0.410 e. The maximum absolute atomic E-state index is 11.9. The monoisotopic (exact) mass is 259 g/mol. The Morgan fingerprint density at radius 2 is 2.12 bits per heavy atom. The molecule has 1 fully saturated rings. The van der Waals surface area contributed by atoms with E-state index >= 15 is 0 Å². The van der Waals surface area contributed by atoms with E-state index in [-0.39, 0.29) is 6.09 Å². The van der Waals surface area contributed by atoms with Gasteiger partial charge in [0.1, 0.15) is 5.60 Å². The molecule has 1 rings (SSSR count). The first kappa shape index (κ1) is 14.4. The largest absolute Gasteiger partial charge is 0.444 e. The maximum Gasteiger partial charge on any atom is 0.410 e. The lowest BCUT2D eigenvalue weighted by Crippen LogP contribution is -2.40. The van der Waals surface area contributed by atoms with Gasteiger partial charge in [0.15, 0.2) is 0 Å². The average Bonchev–Trinajstić information content (AvgIpc) is 2.26. The second kappa shape index (κ2) is 5.76. The molecular formula is C13H22ClNO2. The van der Waals surface area contributed by atoms with Crippen LogP contribution in [0.15, 0.2) is 11.1 Å². The van der Waals surface area contributed by atoms with Crippen LogP contribution in [0.1, 0.15) is 40.5 Å². The number of rotatable bonds is 1. The van der Waals surface area contributed by atoms with Crippen LogP contribution in [-0.4, -0.2) is 35.6 Å². The Balaban J connectivity index is 2.64. The van der Waals surface area contributed by atoms with E-state index in [1.165, 1.54) is 11.1 Å². The van der Waals surface area contributed by atoms with Crippen molar-refractivity contribution in [2.45, 2.75) is 46.1 Å². The van der Waals surface area contributed by atoms with Gasteiger partial charge in [-0.05, 0) is 40.5 Å². The van der Waals surface area contributed by atoms with Crippen LogP contribution in [0.2, 0.25) is 0 Å². The second-order valence-corrected chi connectivity index (χ2v) is 5.79. The predicted octanol–water partition coefficient (Wildman–Crippen LogP) is 3.57. The molecule has 1 saturated heterocycles. The van der Waals surface area contributed by atoms with E-state index in [9.17, 15) is 4.79 Å². The minimum atomic E-state index is -0.431. The number of nitrogens with zero attached hydrogens (tertiary/aromatic N) is 1. The van der Waals surface area contributed by atoms with Crippen molar-refractivity contribution < 1.29 is 9.53 Å². The number of carbonyl (C=O) groups is 1. The molecule has 0 aromatic rings. The number of likely N-dealkylation sites (tertiary alicyclic amines) is 1. The van der Waals surface area contributed by atoms with Crippen LogP contribution < -0.4 is 0 Å². The van der Waals surface area contributed by atoms with E-state index < -0.39 is 5.60 Å². The molecule has 0 atom stereocenters. The van der Waals surface area contributed by atoms with Gasteiger partial charge in [-0.2, -0.15) is 0 Å². The Bertz CT molecular complexity index is 318. The zero-order chi connectivity index (χ0) is 13.1. The van der Waals surface area contributed by atoms with Crippen molar-refractivity contribution in [2.24, 2.45) is 0 Å². The Morgan fingerprint density at radius 1 is 1.47 bits per heavy atom. The van der Waals surface area contributed by atoms with Gasteiger partial charge in [0.05, 0.1) is 0 Å². The minimum absolute atomic E-state index is 0.225. The first-order valence-electron chi connectivity index (χ1n) is 6.05. The standard InChI is InChI=1S/C13H22ClNO2/c1-10(8-14)11-6-5-7-15(9-11)12(16)17-13(2,3)4/h5-9H2,1-4H3/b11-10-. The van der Waals surface area contributed by atoms with Crippen LogP contribution >= 0.6 is 11.6 Å². The van der Waals surface area contributed by atoms with Gasteiger partial charge in [-0.1, -0.05) is 11.1 Å². The third kappa shape index (κ3) is 4.58. The number of hydrogen-bond donors (Lipinski definition) is 0. The molecule has 0 aromatic heterocycles. The Morgan fingerprint density at radius 3 is 2.65 bits per heavy atom. The number of allylic oxidation sites excluding steroid dienone is 1. The summed E-state index contributed by atoms with van der Waals surface area (Å²) in [6.45, 7) is 9.11. The summed E-state index contributed by atoms with van der Waals surface area (Å²) in [6, 6.07) is 0. The molecule has 98 valence electrons. The minimum Gasteiger partial charge on any atom is -0.444 e. The molecule has 17 heavy (non-hydrogen) atoms. The summed E-state index contributed by atoms with van der Waals surface area (Å²) in [7, 11) is 0. The number of halogens is 1. The quantitative estimate of drug-likeness (QED) is 0.532. The van der Waals surface area contributed by atoms with Crippen LogP contribution in [0.5, 0.6) is 0 Å². The fourth-order valence-corrected chi connectivity index (χ4v) is 1.99. The first-order chi connectivity index (χ1) is 7.83. The Kier molecular flexibility index (Phi) is 4.87. The highest BCUT2D eigenvalue weighted by Crippen LogP contribution is 2.21. The lowest BCUT2D eigenvalue weighted by Gasteiger charge is -2.31. The molecule has 3 nitrogen and oxygen atoms in total. The normalized spacial score (nSPS) is 20.2. The number of carbonyl (C=O) groups excluding carboxylic acids is 1. The number of piperidine rings is 1. The molecule has 0 unspecified atom stereocenters. The molecule has 0 saturated carbocycles. The summed E-state index contributed by atoms with van der Waals surface area (Å²) in [5.74, 6) is 0.539. The van der Waals surface area contributed by atoms with Gasteiger partial charge >= 0.3 is 6.09 Å². The van der Waals surface area contributed by atoms with Crippen molar-refractivity contribution >= 4 is 17.7 Å². The van der Waals surface area contributed by atoms with Crippen LogP contribution in [0.4, 0.5) is 4.79 Å². The molecule has 0 aliphatic carbocycles. The fraction of sp³-hybridized carbons (Fsp3) is 0.769. The third-order valence-corrected chi connectivity index (χ3v) is 3.14. The van der Waals surface area contributed by atoms with Gasteiger partial charge in [0.2, 0.25) is 0 Å². The van der Waals surface area contributed by atoms with Gasteiger partial charge < -0.3 is 9.64 Å². The van der Waals surface area contributed by atoms with Crippen molar-refractivity contribution in [3.8, 4) is 0 Å². The maximum atomic E-state index is 11.9. The summed E-state index contributed by atoms with van der Waals surface area (Å²) in [4.78, 5) is 13.7. The molecule has 1 amide bonds. The van der Waals surface area contributed by atoms with Crippen molar-refractivity contribution in [2.75, 3.05) is 19.0 Å². The van der Waals surface area contributed by atoms with Crippen LogP contribution in [0.3, 0.4) is 0 Å². The van der Waals surface area contributed by atoms with Gasteiger partial charge in [-0.15, -0.1) is 11.6 Å². The number of alkyl halides is 1. The van der Waals surface area contributed by atoms with E-state index in [2.05, 4.69) is 0 Å². The van der Waals surface area contributed by atoms with Gasteiger partial charge in [-0.25, -0.2) is 4.79 Å². The van der Waals surface area contributed by atoms with Crippen LogP contribution in [0, 0.1) is 0 Å². The molecule has 0 aromatic carbocycles. The van der Waals surface area contributed by atoms with E-state index in [4.69, 9.17) is 16.3 Å². The molecule has 4 heteroatoms. The van der Waals surface area contributed by atoms with Crippen molar-refractivity contribution in [3.05, 3.63) is 11.1 Å². The predicted molar refractivity (Wildman–Crippen MR) is 70.5 cm³/mol. The van der Waals surface area contributed by atoms with E-state index in [1.807, 2.05) is 27.7 Å². The van der Waals surface area contributed by atoms with Crippen molar-refractivity contribution in [1.82, 2.24) is 4.90 Å². The zero-order valence-electron chi connectivity index (χ0n) is 11.2. The molecule has 1 aliphatic heterocycles. The summed E-state index contributed by atoms with van der Waals surface area (Å²) in [6.07, 6.45) is 1.80. The number of hydrogen-bond acceptors (Lipinski definition) is 2. The summed E-state index contributed by atoms with van der Waals surface area (Å²) in [5, 5.41) is 0. The Hall–Kier alpha value is -0.700. The van der Waals surface area contributed by atoms with Gasteiger partial charge in [-0.3, -0.25) is 0 Å². The lowest BCUT2D eigenvalue weighted by atomic mass is 10.0. The van der Waals surface area contributed by atoms with Crippen molar-refractivity contribution in [3.63, 3.8) is 0 Å². The molecule has 0 bridgehead atoms. The molecule has 0 N–H and O–H groups in total. The average molecular weight is 260 g/mol. The van der Waals surface area contributed by atoms with Crippen molar-refractivity contribution in [1.29, 1.82) is 0 Å². The lowest BCUT2D eigenvalue weighted by molar-refractivity contribution is 0.0246. The van der Waals surface area contributed by atoms with E-state index in [0.717, 1.165) is 19.4 Å². The van der Waals surface area contributed by atoms with E-state index in [1.54, 1.807) is 4.90 Å². The molecule has 0 spiro atoms. The molecule has 1 aliphatic rings. The number of ether oxygens (including phenoxy) is 1. The highest BCUT2D eigenvalue weighted by molar-refractivity contribution is 6.19. The van der Waals surface area contributed by atoms with Gasteiger partial charge in [0.25, 0.3) is 0 Å². The second-order valence-electron chi connectivity index (χ2n) is 5.52. The zero-order valence-corrected chi connectivity index (χ0v) is 11.9. The number of amides is 1. The Labute approximate surface area is 109 Å². The fourth-order valence-electron chi connectivity index (χ4n) is 1.80. The highest BCUT2D eigenvalue weighted by Gasteiger charge is 2.25.